The molecule has 1 saturated heterocycles. The molecule has 1 atom stereocenters. The smallest absolute Gasteiger partial charge is 0.296 e. The molecule has 1 amide bonds. The van der Waals surface area contributed by atoms with Crippen molar-refractivity contribution in [2.45, 2.75) is 32.9 Å². The number of carbonyl (C=O) groups is 2. The summed E-state index contributed by atoms with van der Waals surface area (Å²) in [5, 5.41) is 11.3. The number of ketones is 1. The Morgan fingerprint density at radius 2 is 1.86 bits per heavy atom. The molecule has 0 bridgehead atoms. The standard InChI is InChI=1S/C28H28N2O5/c1-4-15-35-23-13-10-20(16-18(23)2)26(31)24-25(22-7-5-6-14-29-22)30(28(33)27(24)32)17-19-8-11-21(34-3)12-9-19/h5-14,16,25,31H,4,15,17H2,1-3H3/b26-24-. The van der Waals surface area contributed by atoms with Crippen LogP contribution in [0.15, 0.2) is 72.4 Å². The number of aliphatic hydroxyl groups excluding tert-OH is 1. The number of aryl methyl sites for hydroxylation is 1. The predicted octanol–water partition coefficient (Wildman–Crippen LogP) is 4.81. The average Bonchev–Trinajstić information content (AvgIpc) is 3.13. The lowest BCUT2D eigenvalue weighted by Gasteiger charge is -2.24. The van der Waals surface area contributed by atoms with E-state index in [1.54, 1.807) is 61.8 Å². The summed E-state index contributed by atoms with van der Waals surface area (Å²) in [7, 11) is 1.58. The van der Waals surface area contributed by atoms with Gasteiger partial charge >= 0.3 is 0 Å². The summed E-state index contributed by atoms with van der Waals surface area (Å²) in [6.45, 7) is 4.66. The first-order valence-electron chi connectivity index (χ1n) is 11.5. The van der Waals surface area contributed by atoms with Crippen LogP contribution in [0.3, 0.4) is 0 Å². The molecule has 1 aliphatic heterocycles. The van der Waals surface area contributed by atoms with Crippen molar-refractivity contribution in [3.63, 3.8) is 0 Å². The topological polar surface area (TPSA) is 89.0 Å². The molecule has 1 unspecified atom stereocenters. The van der Waals surface area contributed by atoms with Crippen molar-refractivity contribution < 1.29 is 24.2 Å². The molecule has 1 fully saturated rings. The van der Waals surface area contributed by atoms with Crippen LogP contribution < -0.4 is 9.47 Å². The van der Waals surface area contributed by atoms with Gasteiger partial charge in [0.05, 0.1) is 25.0 Å². The zero-order valence-corrected chi connectivity index (χ0v) is 20.0. The van der Waals surface area contributed by atoms with Gasteiger partial charge in [0.2, 0.25) is 0 Å². The molecule has 4 rings (SSSR count). The minimum atomic E-state index is -0.824. The Morgan fingerprint density at radius 3 is 2.49 bits per heavy atom. The normalized spacial score (nSPS) is 17.0. The Morgan fingerprint density at radius 1 is 1.09 bits per heavy atom. The highest BCUT2D eigenvalue weighted by Gasteiger charge is 2.46. The van der Waals surface area contributed by atoms with Gasteiger partial charge in [0, 0.05) is 18.3 Å². The summed E-state index contributed by atoms with van der Waals surface area (Å²) in [5.74, 6) is -0.252. The van der Waals surface area contributed by atoms with Gasteiger partial charge in [-0.3, -0.25) is 14.6 Å². The van der Waals surface area contributed by atoms with Gasteiger partial charge in [-0.1, -0.05) is 25.1 Å². The van der Waals surface area contributed by atoms with Crippen molar-refractivity contribution in [3.8, 4) is 11.5 Å². The van der Waals surface area contributed by atoms with Crippen molar-refractivity contribution in [1.82, 2.24) is 9.88 Å². The number of aromatic nitrogens is 1. The SMILES string of the molecule is CCCOc1ccc(/C(O)=C2/C(=O)C(=O)N(Cc3ccc(OC)cc3)C2c2ccccn2)cc1C. The molecule has 0 saturated carbocycles. The zero-order chi connectivity index (χ0) is 24.9. The second-order valence-electron chi connectivity index (χ2n) is 8.36. The molecule has 7 nitrogen and oxygen atoms in total. The molecule has 1 aromatic heterocycles. The van der Waals surface area contributed by atoms with E-state index in [2.05, 4.69) is 4.98 Å². The van der Waals surface area contributed by atoms with Crippen molar-refractivity contribution in [1.29, 1.82) is 0 Å². The summed E-state index contributed by atoms with van der Waals surface area (Å²) < 4.78 is 10.9. The lowest BCUT2D eigenvalue weighted by Crippen LogP contribution is -2.29. The van der Waals surface area contributed by atoms with E-state index < -0.39 is 17.7 Å². The van der Waals surface area contributed by atoms with Gasteiger partial charge in [-0.25, -0.2) is 0 Å². The minimum Gasteiger partial charge on any atom is -0.507 e. The van der Waals surface area contributed by atoms with Crippen LogP contribution in [-0.4, -0.2) is 40.4 Å². The molecule has 0 spiro atoms. The summed E-state index contributed by atoms with van der Waals surface area (Å²) in [6.07, 6.45) is 2.48. The Labute approximate surface area is 204 Å². The molecule has 2 aromatic carbocycles. The number of ether oxygens (including phenoxy) is 2. The molecule has 1 N–H and O–H groups in total. The van der Waals surface area contributed by atoms with E-state index >= 15 is 0 Å². The van der Waals surface area contributed by atoms with Crippen LogP contribution in [0.1, 0.15) is 41.8 Å². The highest BCUT2D eigenvalue weighted by Crippen LogP contribution is 2.40. The quantitative estimate of drug-likeness (QED) is 0.288. The summed E-state index contributed by atoms with van der Waals surface area (Å²) in [6, 6.07) is 17.0. The van der Waals surface area contributed by atoms with Gasteiger partial charge in [-0.2, -0.15) is 0 Å². The average molecular weight is 473 g/mol. The third-order valence-electron chi connectivity index (χ3n) is 5.93. The fourth-order valence-corrected chi connectivity index (χ4v) is 4.14. The van der Waals surface area contributed by atoms with Gasteiger partial charge in [-0.05, 0) is 66.9 Å². The molecule has 7 heteroatoms. The molecule has 180 valence electrons. The first-order valence-corrected chi connectivity index (χ1v) is 11.5. The fraction of sp³-hybridized carbons (Fsp3) is 0.250. The van der Waals surface area contributed by atoms with Gasteiger partial charge < -0.3 is 19.5 Å². The fourth-order valence-electron chi connectivity index (χ4n) is 4.14. The molecular weight excluding hydrogens is 444 g/mol. The molecule has 3 aromatic rings. The maximum atomic E-state index is 13.2. The largest absolute Gasteiger partial charge is 0.507 e. The maximum Gasteiger partial charge on any atom is 0.296 e. The van der Waals surface area contributed by atoms with Crippen molar-refractivity contribution >= 4 is 17.4 Å². The Kier molecular flexibility index (Phi) is 7.15. The molecule has 0 radical (unpaired) electrons. The highest BCUT2D eigenvalue weighted by molar-refractivity contribution is 6.46. The Hall–Kier alpha value is -4.13. The zero-order valence-electron chi connectivity index (χ0n) is 20.0. The number of benzene rings is 2. The number of hydrogen-bond acceptors (Lipinski definition) is 6. The summed E-state index contributed by atoms with van der Waals surface area (Å²) in [5.41, 5.74) is 2.60. The van der Waals surface area contributed by atoms with E-state index in [-0.39, 0.29) is 17.9 Å². The third-order valence-corrected chi connectivity index (χ3v) is 5.93. The van der Waals surface area contributed by atoms with E-state index in [4.69, 9.17) is 9.47 Å². The van der Waals surface area contributed by atoms with Crippen LogP contribution in [0.2, 0.25) is 0 Å². The summed E-state index contributed by atoms with van der Waals surface area (Å²) >= 11 is 0. The van der Waals surface area contributed by atoms with Crippen LogP contribution in [0.4, 0.5) is 0 Å². The first-order chi connectivity index (χ1) is 16.9. The summed E-state index contributed by atoms with van der Waals surface area (Å²) in [4.78, 5) is 32.2. The highest BCUT2D eigenvalue weighted by atomic mass is 16.5. The van der Waals surface area contributed by atoms with Crippen molar-refractivity contribution in [2.75, 3.05) is 13.7 Å². The number of aliphatic hydroxyl groups is 1. The molecular formula is C28H28N2O5. The molecule has 35 heavy (non-hydrogen) atoms. The number of Topliss-reactive ketones (excluding diaryl/α,β-unsaturated/α-hetero) is 1. The number of amides is 1. The van der Waals surface area contributed by atoms with Crippen LogP contribution in [-0.2, 0) is 16.1 Å². The van der Waals surface area contributed by atoms with Gasteiger partial charge in [-0.15, -0.1) is 0 Å². The Balaban J connectivity index is 1.77. The van der Waals surface area contributed by atoms with Crippen LogP contribution in [0, 0.1) is 6.92 Å². The minimum absolute atomic E-state index is 0.0174. The second-order valence-corrected chi connectivity index (χ2v) is 8.36. The first kappa shape index (κ1) is 24.0. The molecule has 1 aliphatic rings. The van der Waals surface area contributed by atoms with E-state index in [9.17, 15) is 14.7 Å². The number of methoxy groups -OCH3 is 1. The molecule has 0 aliphatic carbocycles. The van der Waals surface area contributed by atoms with Crippen molar-refractivity contribution in [3.05, 3.63) is 94.8 Å². The Bertz CT molecular complexity index is 1250. The van der Waals surface area contributed by atoms with E-state index in [1.165, 1.54) is 4.90 Å². The van der Waals surface area contributed by atoms with Gasteiger partial charge in [0.1, 0.15) is 23.3 Å². The van der Waals surface area contributed by atoms with Crippen LogP contribution >= 0.6 is 0 Å². The molecule has 2 heterocycles. The maximum absolute atomic E-state index is 13.2. The van der Waals surface area contributed by atoms with Crippen LogP contribution in [0.5, 0.6) is 11.5 Å². The second kappa shape index (κ2) is 10.4. The number of carbonyl (C=O) groups excluding carboxylic acids is 2. The van der Waals surface area contributed by atoms with Crippen molar-refractivity contribution in [2.24, 2.45) is 0 Å². The number of nitrogens with zero attached hydrogens (tertiary/aromatic N) is 2. The van der Waals surface area contributed by atoms with E-state index in [1.807, 2.05) is 26.0 Å². The monoisotopic (exact) mass is 472 g/mol. The lowest BCUT2D eigenvalue weighted by atomic mass is 9.97. The van der Waals surface area contributed by atoms with Gasteiger partial charge in [0.15, 0.2) is 0 Å². The predicted molar refractivity (Wildman–Crippen MR) is 132 cm³/mol. The number of pyridine rings is 1. The van der Waals surface area contributed by atoms with E-state index in [0.717, 1.165) is 17.5 Å². The number of likely N-dealkylation sites (tertiary alicyclic amines) is 1. The third kappa shape index (κ3) is 4.89. The van der Waals surface area contributed by atoms with Crippen LogP contribution in [0.25, 0.3) is 5.76 Å². The number of hydrogen-bond donors (Lipinski definition) is 1. The number of rotatable bonds is 8. The van der Waals surface area contributed by atoms with Gasteiger partial charge in [0.25, 0.3) is 11.7 Å². The lowest BCUT2D eigenvalue weighted by molar-refractivity contribution is -0.140. The van der Waals surface area contributed by atoms with E-state index in [0.29, 0.717) is 29.4 Å².